The molecule has 19 heavy (non-hydrogen) atoms. The lowest BCUT2D eigenvalue weighted by Gasteiger charge is -2.17. The Kier molecular flexibility index (Phi) is 9.46. The number of likely N-dealkylation sites (N-methyl/N-ethyl adjacent to an activating group) is 1. The highest BCUT2D eigenvalue weighted by Crippen LogP contribution is 1.92. The molecular formula is C12H23N3O4. The van der Waals surface area contributed by atoms with Crippen LogP contribution in [0.2, 0.25) is 0 Å². The molecule has 0 fully saturated rings. The first-order valence-electron chi connectivity index (χ1n) is 6.06. The number of carboxylic acid groups (broad SMARTS) is 1. The lowest BCUT2D eigenvalue weighted by molar-refractivity contribution is -0.139. The number of amides is 2. The van der Waals surface area contributed by atoms with Crippen molar-refractivity contribution < 1.29 is 19.4 Å². The van der Waals surface area contributed by atoms with Gasteiger partial charge in [-0.3, -0.25) is 0 Å². The van der Waals surface area contributed by atoms with E-state index in [1.165, 1.54) is 6.08 Å². The maximum Gasteiger partial charge on any atom is 0.326 e. The fourth-order valence-electron chi connectivity index (χ4n) is 1.32. The average molecular weight is 273 g/mol. The van der Waals surface area contributed by atoms with E-state index in [-0.39, 0.29) is 6.42 Å². The van der Waals surface area contributed by atoms with Crippen molar-refractivity contribution in [3.63, 3.8) is 0 Å². The Morgan fingerprint density at radius 3 is 2.68 bits per heavy atom. The molecule has 0 aromatic rings. The Morgan fingerprint density at radius 2 is 2.16 bits per heavy atom. The lowest BCUT2D eigenvalue weighted by Crippen LogP contribution is -2.47. The predicted molar refractivity (Wildman–Crippen MR) is 72.1 cm³/mol. The summed E-state index contributed by atoms with van der Waals surface area (Å²) in [4.78, 5) is 24.3. The minimum absolute atomic E-state index is 0.191. The Bertz CT molecular complexity index is 297. The normalized spacial score (nSPS) is 11.9. The smallest absolute Gasteiger partial charge is 0.326 e. The number of ether oxygens (including phenoxy) is 1. The van der Waals surface area contributed by atoms with E-state index in [0.717, 1.165) is 6.54 Å². The van der Waals surface area contributed by atoms with Crippen LogP contribution in [0.5, 0.6) is 0 Å². The number of carbonyl (C=O) groups is 2. The summed E-state index contributed by atoms with van der Waals surface area (Å²) in [7, 11) is 3.54. The molecule has 3 N–H and O–H groups in total. The van der Waals surface area contributed by atoms with Crippen molar-refractivity contribution in [1.82, 2.24) is 15.5 Å². The van der Waals surface area contributed by atoms with Crippen LogP contribution in [0, 0.1) is 0 Å². The van der Waals surface area contributed by atoms with Gasteiger partial charge in [0.2, 0.25) is 0 Å². The van der Waals surface area contributed by atoms with Crippen LogP contribution >= 0.6 is 0 Å². The second-order valence-electron chi connectivity index (χ2n) is 4.11. The molecule has 0 spiro atoms. The number of urea groups is 1. The van der Waals surface area contributed by atoms with Crippen LogP contribution in [0.4, 0.5) is 4.79 Å². The summed E-state index contributed by atoms with van der Waals surface area (Å²) in [6.07, 6.45) is 1.65. The molecule has 0 aromatic carbocycles. The van der Waals surface area contributed by atoms with Gasteiger partial charge in [-0.1, -0.05) is 6.08 Å². The van der Waals surface area contributed by atoms with E-state index in [9.17, 15) is 9.59 Å². The summed E-state index contributed by atoms with van der Waals surface area (Å²) in [6.45, 7) is 5.95. The third-order valence-corrected chi connectivity index (χ3v) is 2.46. The van der Waals surface area contributed by atoms with Gasteiger partial charge in [-0.05, 0) is 13.5 Å². The van der Waals surface area contributed by atoms with Crippen molar-refractivity contribution in [3.8, 4) is 0 Å². The van der Waals surface area contributed by atoms with Gasteiger partial charge in [-0.15, -0.1) is 6.58 Å². The van der Waals surface area contributed by atoms with E-state index in [1.54, 1.807) is 7.11 Å². The summed E-state index contributed by atoms with van der Waals surface area (Å²) in [6, 6.07) is -1.43. The first-order valence-corrected chi connectivity index (χ1v) is 6.06. The molecule has 0 saturated heterocycles. The van der Waals surface area contributed by atoms with Crippen LogP contribution < -0.4 is 10.6 Å². The molecule has 7 nitrogen and oxygen atoms in total. The number of hydrogen-bond acceptors (Lipinski definition) is 4. The molecule has 0 heterocycles. The zero-order valence-corrected chi connectivity index (χ0v) is 11.5. The number of methoxy groups -OCH3 is 1. The van der Waals surface area contributed by atoms with Gasteiger partial charge >= 0.3 is 12.0 Å². The van der Waals surface area contributed by atoms with Gasteiger partial charge in [-0.25, -0.2) is 9.59 Å². The minimum atomic E-state index is -1.08. The fourth-order valence-corrected chi connectivity index (χ4v) is 1.32. The molecular weight excluding hydrogens is 250 g/mol. The lowest BCUT2D eigenvalue weighted by atomic mass is 10.2. The van der Waals surface area contributed by atoms with E-state index in [0.29, 0.717) is 19.7 Å². The Morgan fingerprint density at radius 1 is 1.47 bits per heavy atom. The second-order valence-corrected chi connectivity index (χ2v) is 4.11. The standard InChI is InChI=1S/C12H23N3O4/c1-4-5-10(11(16)17)14-12(18)13-6-7-15(2)8-9-19-3/h4,10H,1,5-9H2,2-3H3,(H,16,17)(H2,13,14,18). The Balaban J connectivity index is 3.84. The SMILES string of the molecule is C=CCC(NC(=O)NCCN(C)CCOC)C(=O)O. The molecule has 1 unspecified atom stereocenters. The maximum atomic E-state index is 11.5. The van der Waals surface area contributed by atoms with Crippen molar-refractivity contribution >= 4 is 12.0 Å². The summed E-state index contributed by atoms with van der Waals surface area (Å²) in [5.74, 6) is -1.08. The van der Waals surface area contributed by atoms with Gasteiger partial charge < -0.3 is 25.4 Å². The predicted octanol–water partition coefficient (Wildman–Crippen LogP) is -0.107. The van der Waals surface area contributed by atoms with Crippen LogP contribution in [0.25, 0.3) is 0 Å². The molecule has 0 bridgehead atoms. The van der Waals surface area contributed by atoms with Crippen LogP contribution in [0.3, 0.4) is 0 Å². The zero-order valence-electron chi connectivity index (χ0n) is 11.5. The molecule has 0 aliphatic rings. The minimum Gasteiger partial charge on any atom is -0.480 e. The molecule has 0 aliphatic heterocycles. The van der Waals surface area contributed by atoms with Crippen LogP contribution in [0.15, 0.2) is 12.7 Å². The Hall–Kier alpha value is -1.60. The van der Waals surface area contributed by atoms with E-state index < -0.39 is 18.0 Å². The highest BCUT2D eigenvalue weighted by atomic mass is 16.5. The van der Waals surface area contributed by atoms with E-state index in [4.69, 9.17) is 9.84 Å². The van der Waals surface area contributed by atoms with Crippen molar-refractivity contribution in [2.45, 2.75) is 12.5 Å². The molecule has 110 valence electrons. The summed E-state index contributed by atoms with van der Waals surface area (Å²) in [5.41, 5.74) is 0. The third kappa shape index (κ3) is 9.04. The summed E-state index contributed by atoms with van der Waals surface area (Å²) in [5, 5.41) is 13.8. The van der Waals surface area contributed by atoms with Gasteiger partial charge in [0.25, 0.3) is 0 Å². The Labute approximate surface area is 113 Å². The van der Waals surface area contributed by atoms with Gasteiger partial charge in [-0.2, -0.15) is 0 Å². The van der Waals surface area contributed by atoms with Crippen molar-refractivity contribution in [1.29, 1.82) is 0 Å². The van der Waals surface area contributed by atoms with Gasteiger partial charge in [0.1, 0.15) is 6.04 Å². The van der Waals surface area contributed by atoms with Crippen molar-refractivity contribution in [2.24, 2.45) is 0 Å². The van der Waals surface area contributed by atoms with Crippen LogP contribution in [-0.4, -0.2) is 68.4 Å². The van der Waals surface area contributed by atoms with Crippen molar-refractivity contribution in [3.05, 3.63) is 12.7 Å². The monoisotopic (exact) mass is 273 g/mol. The topological polar surface area (TPSA) is 90.9 Å². The summed E-state index contributed by atoms with van der Waals surface area (Å²) < 4.78 is 4.93. The zero-order chi connectivity index (χ0) is 14.7. The number of carbonyl (C=O) groups excluding carboxylic acids is 1. The van der Waals surface area contributed by atoms with Crippen LogP contribution in [-0.2, 0) is 9.53 Å². The molecule has 1 atom stereocenters. The molecule has 0 aromatic heterocycles. The van der Waals surface area contributed by atoms with E-state index >= 15 is 0 Å². The number of carboxylic acids is 1. The van der Waals surface area contributed by atoms with Gasteiger partial charge in [0.15, 0.2) is 0 Å². The van der Waals surface area contributed by atoms with Crippen molar-refractivity contribution in [2.75, 3.05) is 40.4 Å². The van der Waals surface area contributed by atoms with Crippen LogP contribution in [0.1, 0.15) is 6.42 Å². The molecule has 0 rings (SSSR count). The van der Waals surface area contributed by atoms with Gasteiger partial charge in [0, 0.05) is 26.7 Å². The quantitative estimate of drug-likeness (QED) is 0.483. The van der Waals surface area contributed by atoms with E-state index in [1.807, 2.05) is 11.9 Å². The largest absolute Gasteiger partial charge is 0.480 e. The second kappa shape index (κ2) is 10.3. The molecule has 0 radical (unpaired) electrons. The van der Waals surface area contributed by atoms with Gasteiger partial charge in [0.05, 0.1) is 6.61 Å². The number of rotatable bonds is 10. The molecule has 2 amide bonds. The first kappa shape index (κ1) is 17.4. The fraction of sp³-hybridized carbons (Fsp3) is 0.667. The van der Waals surface area contributed by atoms with E-state index in [2.05, 4.69) is 17.2 Å². The molecule has 0 saturated carbocycles. The summed E-state index contributed by atoms with van der Waals surface area (Å²) >= 11 is 0. The number of aliphatic carboxylic acids is 1. The number of hydrogen-bond donors (Lipinski definition) is 3. The average Bonchev–Trinajstić information content (AvgIpc) is 2.35. The molecule has 7 heteroatoms. The molecule has 0 aliphatic carbocycles. The third-order valence-electron chi connectivity index (χ3n) is 2.46. The first-order chi connectivity index (χ1) is 9.01. The number of nitrogens with one attached hydrogen (secondary N) is 2. The highest BCUT2D eigenvalue weighted by molar-refractivity contribution is 5.82. The maximum absolute atomic E-state index is 11.5. The highest BCUT2D eigenvalue weighted by Gasteiger charge is 2.17. The number of nitrogens with zero attached hydrogens (tertiary/aromatic N) is 1.